The van der Waals surface area contributed by atoms with Gasteiger partial charge in [-0.25, -0.2) is 4.79 Å². The molecule has 0 aromatic heterocycles. The predicted octanol–water partition coefficient (Wildman–Crippen LogP) is 1.78. The first-order chi connectivity index (χ1) is 12.1. The fourth-order valence-corrected chi connectivity index (χ4v) is 4.29. The molecular weight excluding hydrogens is 318 g/mol. The van der Waals surface area contributed by atoms with Crippen LogP contribution < -0.4 is 5.32 Å². The quantitative estimate of drug-likeness (QED) is 0.834. The van der Waals surface area contributed by atoms with Crippen LogP contribution in [0.25, 0.3) is 0 Å². The van der Waals surface area contributed by atoms with Crippen molar-refractivity contribution < 1.29 is 14.4 Å². The van der Waals surface area contributed by atoms with Crippen molar-refractivity contribution in [1.82, 2.24) is 15.1 Å². The molecule has 4 rings (SSSR count). The summed E-state index contributed by atoms with van der Waals surface area (Å²) < 4.78 is 0. The number of carbonyl (C=O) groups excluding carboxylic acids is 3. The van der Waals surface area contributed by atoms with Gasteiger partial charge in [-0.3, -0.25) is 14.5 Å². The standard InChI is InChI=1S/C19H23N3O3/c23-16(21-11-5-1-2-6-12-21)13-22-17(24)19(20-18(22)25)10-9-14-7-3-4-8-15(14)19/h3-4,7-8H,1-2,5-6,9-13H2,(H,20,25). The fraction of sp³-hybridized carbons (Fsp3) is 0.526. The largest absolute Gasteiger partial charge is 0.341 e. The summed E-state index contributed by atoms with van der Waals surface area (Å²) in [5.41, 5.74) is 0.988. The van der Waals surface area contributed by atoms with Crippen LogP contribution in [0, 0.1) is 0 Å². The minimum Gasteiger partial charge on any atom is -0.341 e. The summed E-state index contributed by atoms with van der Waals surface area (Å²) in [6, 6.07) is 7.27. The number of benzene rings is 1. The molecular formula is C19H23N3O3. The Morgan fingerprint density at radius 3 is 2.56 bits per heavy atom. The van der Waals surface area contributed by atoms with E-state index in [0.29, 0.717) is 6.42 Å². The number of nitrogens with one attached hydrogen (secondary N) is 1. The average Bonchev–Trinajstić information content (AvgIpc) is 2.94. The number of aryl methyl sites for hydroxylation is 1. The molecule has 2 fully saturated rings. The van der Waals surface area contributed by atoms with Crippen LogP contribution in [-0.4, -0.2) is 47.3 Å². The third-order valence-electron chi connectivity index (χ3n) is 5.67. The molecule has 0 saturated carbocycles. The highest BCUT2D eigenvalue weighted by molar-refractivity contribution is 6.09. The van der Waals surface area contributed by atoms with Gasteiger partial charge in [0.05, 0.1) is 0 Å². The lowest BCUT2D eigenvalue weighted by Gasteiger charge is -2.24. The number of fused-ring (bicyclic) bond motifs is 2. The lowest BCUT2D eigenvalue weighted by Crippen LogP contribution is -2.45. The van der Waals surface area contributed by atoms with E-state index in [-0.39, 0.29) is 18.4 Å². The van der Waals surface area contributed by atoms with E-state index in [9.17, 15) is 14.4 Å². The Morgan fingerprint density at radius 1 is 1.08 bits per heavy atom. The zero-order chi connectivity index (χ0) is 17.4. The van der Waals surface area contributed by atoms with Gasteiger partial charge < -0.3 is 10.2 Å². The topological polar surface area (TPSA) is 69.7 Å². The van der Waals surface area contributed by atoms with Crippen molar-refractivity contribution in [2.75, 3.05) is 19.6 Å². The third-order valence-corrected chi connectivity index (χ3v) is 5.67. The van der Waals surface area contributed by atoms with E-state index < -0.39 is 11.6 Å². The molecule has 2 saturated heterocycles. The van der Waals surface area contributed by atoms with Crippen LogP contribution in [0.1, 0.15) is 43.2 Å². The molecule has 1 aromatic rings. The first-order valence-corrected chi connectivity index (χ1v) is 9.12. The third kappa shape index (κ3) is 2.60. The predicted molar refractivity (Wildman–Crippen MR) is 91.7 cm³/mol. The molecule has 25 heavy (non-hydrogen) atoms. The van der Waals surface area contributed by atoms with Gasteiger partial charge in [-0.05, 0) is 36.8 Å². The number of amides is 4. The number of hydrogen-bond donors (Lipinski definition) is 1. The second-order valence-corrected chi connectivity index (χ2v) is 7.18. The lowest BCUT2D eigenvalue weighted by molar-refractivity contribution is -0.139. The van der Waals surface area contributed by atoms with Crippen molar-refractivity contribution in [3.8, 4) is 0 Å². The van der Waals surface area contributed by atoms with Gasteiger partial charge in [-0.1, -0.05) is 37.1 Å². The van der Waals surface area contributed by atoms with Crippen LogP contribution in [0.5, 0.6) is 0 Å². The Hall–Kier alpha value is -2.37. The van der Waals surface area contributed by atoms with Crippen LogP contribution in [0.2, 0.25) is 0 Å². The summed E-state index contributed by atoms with van der Waals surface area (Å²) in [7, 11) is 0. The number of carbonyl (C=O) groups is 3. The Bertz CT molecular complexity index is 724. The van der Waals surface area contributed by atoms with Gasteiger partial charge in [0.25, 0.3) is 5.91 Å². The van der Waals surface area contributed by atoms with Crippen molar-refractivity contribution >= 4 is 17.8 Å². The van der Waals surface area contributed by atoms with Crippen molar-refractivity contribution in [2.45, 2.75) is 44.1 Å². The van der Waals surface area contributed by atoms with Gasteiger partial charge in [0.2, 0.25) is 5.91 Å². The lowest BCUT2D eigenvalue weighted by atomic mass is 9.92. The van der Waals surface area contributed by atoms with E-state index in [1.54, 1.807) is 4.90 Å². The van der Waals surface area contributed by atoms with Gasteiger partial charge in [0, 0.05) is 13.1 Å². The van der Waals surface area contributed by atoms with Crippen molar-refractivity contribution in [3.63, 3.8) is 0 Å². The highest BCUT2D eigenvalue weighted by atomic mass is 16.2. The molecule has 1 aromatic carbocycles. The first-order valence-electron chi connectivity index (χ1n) is 9.12. The maximum Gasteiger partial charge on any atom is 0.325 e. The Kier molecular flexibility index (Phi) is 3.98. The number of rotatable bonds is 2. The number of imide groups is 1. The molecule has 1 aliphatic carbocycles. The number of likely N-dealkylation sites (tertiary alicyclic amines) is 1. The summed E-state index contributed by atoms with van der Waals surface area (Å²) in [6.45, 7) is 1.28. The van der Waals surface area contributed by atoms with Gasteiger partial charge in [0.15, 0.2) is 0 Å². The van der Waals surface area contributed by atoms with Crippen LogP contribution >= 0.6 is 0 Å². The Morgan fingerprint density at radius 2 is 1.80 bits per heavy atom. The summed E-state index contributed by atoms with van der Waals surface area (Å²) in [4.78, 5) is 41.0. The molecule has 0 radical (unpaired) electrons. The van der Waals surface area contributed by atoms with E-state index in [2.05, 4.69) is 5.32 Å². The summed E-state index contributed by atoms with van der Waals surface area (Å²) in [6.07, 6.45) is 5.56. The van der Waals surface area contributed by atoms with Crippen molar-refractivity contribution in [1.29, 1.82) is 0 Å². The van der Waals surface area contributed by atoms with Crippen molar-refractivity contribution in [2.24, 2.45) is 0 Å². The molecule has 0 bridgehead atoms. The molecule has 1 atom stereocenters. The van der Waals surface area contributed by atoms with E-state index in [1.165, 1.54) is 0 Å². The Labute approximate surface area is 147 Å². The van der Waals surface area contributed by atoms with Gasteiger partial charge in [0.1, 0.15) is 12.1 Å². The average molecular weight is 341 g/mol. The maximum atomic E-state index is 13.1. The van der Waals surface area contributed by atoms with Gasteiger partial charge in [-0.2, -0.15) is 0 Å². The molecule has 3 aliphatic rings. The van der Waals surface area contributed by atoms with Gasteiger partial charge in [-0.15, -0.1) is 0 Å². The zero-order valence-corrected chi connectivity index (χ0v) is 14.3. The minimum atomic E-state index is -0.979. The molecule has 6 nitrogen and oxygen atoms in total. The summed E-state index contributed by atoms with van der Waals surface area (Å²) >= 11 is 0. The second-order valence-electron chi connectivity index (χ2n) is 7.18. The van der Waals surface area contributed by atoms with E-state index in [0.717, 1.165) is 61.2 Å². The van der Waals surface area contributed by atoms with Crippen LogP contribution in [0.15, 0.2) is 24.3 Å². The maximum absolute atomic E-state index is 13.1. The molecule has 1 spiro atoms. The molecule has 2 heterocycles. The molecule has 6 heteroatoms. The number of urea groups is 1. The fourth-order valence-electron chi connectivity index (χ4n) is 4.29. The Balaban J connectivity index is 1.53. The van der Waals surface area contributed by atoms with E-state index in [1.807, 2.05) is 24.3 Å². The summed E-state index contributed by atoms with van der Waals surface area (Å²) in [5, 5.41) is 2.87. The summed E-state index contributed by atoms with van der Waals surface area (Å²) in [5.74, 6) is -0.417. The van der Waals surface area contributed by atoms with E-state index >= 15 is 0 Å². The van der Waals surface area contributed by atoms with Gasteiger partial charge >= 0.3 is 6.03 Å². The smallest absolute Gasteiger partial charge is 0.325 e. The highest BCUT2D eigenvalue weighted by Gasteiger charge is 2.55. The van der Waals surface area contributed by atoms with Crippen LogP contribution in [0.4, 0.5) is 4.79 Å². The molecule has 1 N–H and O–H groups in total. The van der Waals surface area contributed by atoms with Crippen LogP contribution in [0.3, 0.4) is 0 Å². The monoisotopic (exact) mass is 341 g/mol. The molecule has 1 unspecified atom stereocenters. The molecule has 4 amide bonds. The zero-order valence-electron chi connectivity index (χ0n) is 14.3. The molecule has 2 aliphatic heterocycles. The molecule has 132 valence electrons. The first kappa shape index (κ1) is 16.1. The number of hydrogen-bond acceptors (Lipinski definition) is 3. The highest BCUT2D eigenvalue weighted by Crippen LogP contribution is 2.41. The second kappa shape index (κ2) is 6.17. The normalized spacial score (nSPS) is 25.9. The minimum absolute atomic E-state index is 0.131. The SMILES string of the molecule is O=C(CN1C(=O)NC2(CCc3ccccc32)C1=O)N1CCCCCC1. The van der Waals surface area contributed by atoms with E-state index in [4.69, 9.17) is 0 Å². The number of nitrogens with zero attached hydrogens (tertiary/aromatic N) is 2. The van der Waals surface area contributed by atoms with Crippen molar-refractivity contribution in [3.05, 3.63) is 35.4 Å². The van der Waals surface area contributed by atoms with Crippen LogP contribution in [-0.2, 0) is 21.5 Å².